The molecular formula is C12H25AuS. The molecule has 14 heavy (non-hydrogen) atoms. The van der Waals surface area contributed by atoms with E-state index in [4.69, 9.17) is 0 Å². The molecule has 0 aromatic rings. The molecule has 0 nitrogen and oxygen atoms in total. The molecule has 0 saturated carbocycles. The van der Waals surface area contributed by atoms with Crippen molar-refractivity contribution in [2.45, 2.75) is 70.0 Å². The third kappa shape index (κ3) is 15.6. The van der Waals surface area contributed by atoms with E-state index < -0.39 is 0 Å². The first-order chi connectivity index (χ1) is 6.06. The summed E-state index contributed by atoms with van der Waals surface area (Å²) in [6.07, 6.45) is 10.7. The second-order valence-electron chi connectivity index (χ2n) is 4.37. The molecule has 1 unspecified atom stereocenters. The molecule has 0 spiro atoms. The Balaban J connectivity index is 0. The Kier molecular flexibility index (Phi) is 13.2. The maximum Gasteiger partial charge on any atom is 1.00 e. The summed E-state index contributed by atoms with van der Waals surface area (Å²) in [7, 11) is 0. The topological polar surface area (TPSA) is 0 Å². The maximum atomic E-state index is 4.40. The Morgan fingerprint density at radius 1 is 1.00 bits per heavy atom. The van der Waals surface area contributed by atoms with Crippen LogP contribution in [-0.4, -0.2) is 4.75 Å². The summed E-state index contributed by atoms with van der Waals surface area (Å²) in [5, 5.41) is 0. The van der Waals surface area contributed by atoms with Crippen molar-refractivity contribution in [1.82, 2.24) is 0 Å². The normalized spacial score (nSPS) is 14.6. The number of rotatable bonds is 8. The molecule has 0 radical (unpaired) electrons. The zero-order valence-electron chi connectivity index (χ0n) is 9.61. The molecule has 0 aliphatic rings. The van der Waals surface area contributed by atoms with Crippen LogP contribution in [-0.2, 0) is 22.4 Å². The van der Waals surface area contributed by atoms with Gasteiger partial charge < -0.3 is 6.92 Å². The fraction of sp³-hybridized carbons (Fsp3) is 0.917. The van der Waals surface area contributed by atoms with E-state index in [-0.39, 0.29) is 27.1 Å². The summed E-state index contributed by atoms with van der Waals surface area (Å²) < 4.78 is -0.0105. The van der Waals surface area contributed by atoms with Crippen molar-refractivity contribution in [3.63, 3.8) is 0 Å². The van der Waals surface area contributed by atoms with Crippen LogP contribution in [0.25, 0.3) is 0 Å². The van der Waals surface area contributed by atoms with Crippen molar-refractivity contribution < 1.29 is 22.4 Å². The molecule has 0 amide bonds. The summed E-state index contributed by atoms with van der Waals surface area (Å²) in [5.41, 5.74) is 0. The Hall–Kier alpha value is 1.09. The van der Waals surface area contributed by atoms with E-state index in [1.807, 2.05) is 0 Å². The van der Waals surface area contributed by atoms with Gasteiger partial charge in [0, 0.05) is 0 Å². The van der Waals surface area contributed by atoms with Crippen LogP contribution >= 0.6 is 12.6 Å². The third-order valence-corrected chi connectivity index (χ3v) is 2.54. The van der Waals surface area contributed by atoms with Gasteiger partial charge in [-0.05, 0) is 0 Å². The molecule has 0 aliphatic carbocycles. The smallest absolute Gasteiger partial charge is 0.328 e. The second kappa shape index (κ2) is 10.6. The van der Waals surface area contributed by atoms with Gasteiger partial charge in [0.1, 0.15) is 0 Å². The minimum absolute atomic E-state index is 0. The van der Waals surface area contributed by atoms with E-state index in [1.165, 1.54) is 44.9 Å². The van der Waals surface area contributed by atoms with Crippen LogP contribution in [0.5, 0.6) is 0 Å². The molecule has 1 atom stereocenters. The Morgan fingerprint density at radius 2 is 1.43 bits per heavy atom. The molecular weight excluding hydrogens is 373 g/mol. The predicted molar refractivity (Wildman–Crippen MR) is 65.4 cm³/mol. The van der Waals surface area contributed by atoms with Gasteiger partial charge in [-0.25, -0.2) is 12.6 Å². The minimum Gasteiger partial charge on any atom is -0.328 e. The van der Waals surface area contributed by atoms with Crippen molar-refractivity contribution in [1.29, 1.82) is 0 Å². The van der Waals surface area contributed by atoms with Gasteiger partial charge in [-0.3, -0.25) is 0 Å². The van der Waals surface area contributed by atoms with Crippen LogP contribution in [0.2, 0.25) is 0 Å². The molecule has 0 aliphatic heterocycles. The van der Waals surface area contributed by atoms with Crippen LogP contribution in [0.1, 0.15) is 65.2 Å². The molecule has 0 bridgehead atoms. The number of hydrogen-bond acceptors (Lipinski definition) is 1. The molecule has 0 saturated heterocycles. The molecule has 0 fully saturated rings. The SMILES string of the molecule is [Au+].[CH2-]C(C)(S)CCCCCCCCC. The zero-order valence-corrected chi connectivity index (χ0v) is 12.7. The van der Waals surface area contributed by atoms with Crippen molar-refractivity contribution in [3.8, 4) is 0 Å². The van der Waals surface area contributed by atoms with Gasteiger partial charge in [-0.2, -0.15) is 0 Å². The average molecular weight is 398 g/mol. The summed E-state index contributed by atoms with van der Waals surface area (Å²) in [5.74, 6) is 0. The molecule has 90 valence electrons. The van der Waals surface area contributed by atoms with E-state index in [0.29, 0.717) is 0 Å². The Bertz CT molecular complexity index is 107. The number of unbranched alkanes of at least 4 members (excludes halogenated alkanes) is 6. The van der Waals surface area contributed by atoms with Crippen molar-refractivity contribution >= 4 is 12.6 Å². The third-order valence-electron chi connectivity index (χ3n) is 2.32. The van der Waals surface area contributed by atoms with Crippen molar-refractivity contribution in [2.75, 3.05) is 0 Å². The van der Waals surface area contributed by atoms with Crippen molar-refractivity contribution in [3.05, 3.63) is 6.92 Å². The first-order valence-corrected chi connectivity index (χ1v) is 6.09. The molecule has 0 aromatic heterocycles. The number of thiol groups is 1. The molecule has 0 rings (SSSR count). The monoisotopic (exact) mass is 398 g/mol. The fourth-order valence-electron chi connectivity index (χ4n) is 1.46. The molecule has 2 heteroatoms. The van der Waals surface area contributed by atoms with E-state index in [2.05, 4.69) is 33.4 Å². The summed E-state index contributed by atoms with van der Waals surface area (Å²) in [6, 6.07) is 0. The standard InChI is InChI=1S/C12H25S.Au/c1-4-5-6-7-8-9-10-11-12(2,3)13;/h13H,2,4-11H2,1,3H3;/q-1;+1. The van der Waals surface area contributed by atoms with Gasteiger partial charge in [0.2, 0.25) is 0 Å². The van der Waals surface area contributed by atoms with Crippen LogP contribution in [0.3, 0.4) is 0 Å². The maximum absolute atomic E-state index is 4.40. The van der Waals surface area contributed by atoms with E-state index in [9.17, 15) is 0 Å². The molecule has 0 heterocycles. The average Bonchev–Trinajstić information content (AvgIpc) is 2.01. The minimum atomic E-state index is -0.0105. The van der Waals surface area contributed by atoms with Crippen LogP contribution in [0.4, 0.5) is 0 Å². The predicted octanol–water partition coefficient (Wildman–Crippen LogP) is 4.65. The van der Waals surface area contributed by atoms with Gasteiger partial charge in [0.05, 0.1) is 0 Å². The first-order valence-electron chi connectivity index (χ1n) is 5.64. The second-order valence-corrected chi connectivity index (χ2v) is 5.45. The van der Waals surface area contributed by atoms with E-state index in [0.717, 1.165) is 6.42 Å². The van der Waals surface area contributed by atoms with E-state index >= 15 is 0 Å². The molecule has 0 N–H and O–H groups in total. The largest absolute Gasteiger partial charge is 1.00 e. The quantitative estimate of drug-likeness (QED) is 0.262. The van der Waals surface area contributed by atoms with Crippen LogP contribution in [0.15, 0.2) is 0 Å². The molecule has 0 aromatic carbocycles. The van der Waals surface area contributed by atoms with Crippen LogP contribution < -0.4 is 0 Å². The van der Waals surface area contributed by atoms with Gasteiger partial charge in [0.25, 0.3) is 0 Å². The van der Waals surface area contributed by atoms with Gasteiger partial charge >= 0.3 is 22.4 Å². The Morgan fingerprint density at radius 3 is 1.86 bits per heavy atom. The Labute approximate surface area is 112 Å². The summed E-state index contributed by atoms with van der Waals surface area (Å²) >= 11 is 4.40. The van der Waals surface area contributed by atoms with Crippen molar-refractivity contribution in [2.24, 2.45) is 0 Å². The van der Waals surface area contributed by atoms with Gasteiger partial charge in [0.15, 0.2) is 0 Å². The summed E-state index contributed by atoms with van der Waals surface area (Å²) in [6.45, 7) is 8.33. The fourth-order valence-corrected chi connectivity index (χ4v) is 1.62. The van der Waals surface area contributed by atoms with Gasteiger partial charge in [-0.15, -0.1) is 4.75 Å². The zero-order chi connectivity index (χ0) is 10.2. The van der Waals surface area contributed by atoms with Gasteiger partial charge in [-0.1, -0.05) is 65.2 Å². The van der Waals surface area contributed by atoms with Crippen LogP contribution in [0, 0.1) is 6.92 Å². The van der Waals surface area contributed by atoms with E-state index in [1.54, 1.807) is 0 Å². The summed E-state index contributed by atoms with van der Waals surface area (Å²) in [4.78, 5) is 0. The first kappa shape index (κ1) is 17.5. The number of hydrogen-bond donors (Lipinski definition) is 1.